The van der Waals surface area contributed by atoms with E-state index in [1.165, 1.54) is 0 Å². The van der Waals surface area contributed by atoms with Crippen LogP contribution in [0, 0.1) is 11.3 Å². The highest BCUT2D eigenvalue weighted by molar-refractivity contribution is 5.75. The molecule has 78 valence electrons. The molecule has 1 atom stereocenters. The Morgan fingerprint density at radius 2 is 2.53 bits per heavy atom. The van der Waals surface area contributed by atoms with Crippen molar-refractivity contribution in [3.05, 3.63) is 24.0 Å². The number of nitrogens with zero attached hydrogens (tertiary/aromatic N) is 2. The van der Waals surface area contributed by atoms with E-state index in [1.54, 1.807) is 18.5 Å². The first-order chi connectivity index (χ1) is 7.13. The van der Waals surface area contributed by atoms with Crippen molar-refractivity contribution in [1.82, 2.24) is 4.98 Å². The molecular formula is C10H12N4O. The first-order valence-electron chi connectivity index (χ1n) is 4.52. The van der Waals surface area contributed by atoms with E-state index in [9.17, 15) is 4.79 Å². The van der Waals surface area contributed by atoms with E-state index in [2.05, 4.69) is 10.3 Å². The minimum Gasteiger partial charge on any atom is -0.380 e. The number of hydrogen-bond donors (Lipinski definition) is 2. The van der Waals surface area contributed by atoms with Gasteiger partial charge in [-0.2, -0.15) is 5.26 Å². The fourth-order valence-electron chi connectivity index (χ4n) is 1.23. The second-order valence-electron chi connectivity index (χ2n) is 3.25. The maximum absolute atomic E-state index is 10.7. The van der Waals surface area contributed by atoms with Gasteiger partial charge in [-0.25, -0.2) is 0 Å². The second-order valence-corrected chi connectivity index (χ2v) is 3.25. The molecule has 5 heteroatoms. The van der Waals surface area contributed by atoms with Crippen LogP contribution in [-0.4, -0.2) is 16.9 Å². The molecule has 1 aromatic heterocycles. The zero-order chi connectivity index (χ0) is 11.3. The Balaban J connectivity index is 2.72. The van der Waals surface area contributed by atoms with Gasteiger partial charge in [-0.1, -0.05) is 0 Å². The number of pyridine rings is 1. The van der Waals surface area contributed by atoms with Crippen LogP contribution in [0.2, 0.25) is 0 Å². The van der Waals surface area contributed by atoms with Crippen molar-refractivity contribution in [2.24, 2.45) is 5.73 Å². The summed E-state index contributed by atoms with van der Waals surface area (Å²) in [6.45, 7) is 1.82. The molecule has 1 heterocycles. The summed E-state index contributed by atoms with van der Waals surface area (Å²) in [4.78, 5) is 14.6. The van der Waals surface area contributed by atoms with Crippen LogP contribution in [0.4, 0.5) is 5.69 Å². The van der Waals surface area contributed by atoms with Gasteiger partial charge in [0.2, 0.25) is 5.91 Å². The molecule has 0 bridgehead atoms. The highest BCUT2D eigenvalue weighted by Gasteiger charge is 2.08. The van der Waals surface area contributed by atoms with Crippen LogP contribution in [0.1, 0.15) is 18.9 Å². The quantitative estimate of drug-likeness (QED) is 0.752. The van der Waals surface area contributed by atoms with Gasteiger partial charge in [0, 0.05) is 18.7 Å². The molecule has 1 unspecified atom stereocenters. The van der Waals surface area contributed by atoms with E-state index in [0.29, 0.717) is 11.3 Å². The summed E-state index contributed by atoms with van der Waals surface area (Å²) in [6.07, 6.45) is 3.32. The Labute approximate surface area is 87.9 Å². The lowest BCUT2D eigenvalue weighted by Gasteiger charge is -2.13. The number of amides is 1. The van der Waals surface area contributed by atoms with Crippen LogP contribution < -0.4 is 11.1 Å². The van der Waals surface area contributed by atoms with Crippen molar-refractivity contribution in [3.63, 3.8) is 0 Å². The van der Waals surface area contributed by atoms with Crippen LogP contribution in [0.3, 0.4) is 0 Å². The molecule has 0 aliphatic carbocycles. The summed E-state index contributed by atoms with van der Waals surface area (Å²) in [7, 11) is 0. The summed E-state index contributed by atoms with van der Waals surface area (Å²) < 4.78 is 0. The number of aromatic nitrogens is 1. The van der Waals surface area contributed by atoms with Gasteiger partial charge in [-0.05, 0) is 13.0 Å². The number of nitrogens with one attached hydrogen (secondary N) is 1. The number of carbonyl (C=O) groups is 1. The number of carbonyl (C=O) groups excluding carboxylic acids is 1. The Morgan fingerprint density at radius 1 is 1.80 bits per heavy atom. The monoisotopic (exact) mass is 204 g/mol. The van der Waals surface area contributed by atoms with Crippen molar-refractivity contribution in [2.75, 3.05) is 5.32 Å². The average Bonchev–Trinajstić information content (AvgIpc) is 2.17. The summed E-state index contributed by atoms with van der Waals surface area (Å²) in [5.74, 6) is -0.377. The standard InChI is InChI=1S/C10H12N4O/c1-7(4-10(12)15)14-9-6-13-3-2-8(9)5-11/h2-3,6-7,14H,4H2,1H3,(H2,12,15). The minimum absolute atomic E-state index is 0.112. The van der Waals surface area contributed by atoms with Crippen LogP contribution >= 0.6 is 0 Å². The SMILES string of the molecule is CC(CC(N)=O)Nc1cnccc1C#N. The Kier molecular flexibility index (Phi) is 3.63. The Bertz CT molecular complexity index is 397. The third kappa shape index (κ3) is 3.27. The van der Waals surface area contributed by atoms with Crippen molar-refractivity contribution in [1.29, 1.82) is 5.26 Å². The van der Waals surface area contributed by atoms with Gasteiger partial charge in [0.05, 0.1) is 17.4 Å². The lowest BCUT2D eigenvalue weighted by atomic mass is 10.2. The van der Waals surface area contributed by atoms with Gasteiger partial charge in [0.15, 0.2) is 0 Å². The van der Waals surface area contributed by atoms with Crippen LogP contribution in [0.15, 0.2) is 18.5 Å². The van der Waals surface area contributed by atoms with Gasteiger partial charge in [-0.3, -0.25) is 9.78 Å². The first kappa shape index (κ1) is 11.0. The molecule has 0 aliphatic heterocycles. The van der Waals surface area contributed by atoms with Gasteiger partial charge in [0.1, 0.15) is 6.07 Å². The van der Waals surface area contributed by atoms with Gasteiger partial charge >= 0.3 is 0 Å². The molecule has 0 radical (unpaired) electrons. The van der Waals surface area contributed by atoms with Crippen molar-refractivity contribution in [2.45, 2.75) is 19.4 Å². The number of nitrogens with two attached hydrogens (primary N) is 1. The van der Waals surface area contributed by atoms with E-state index >= 15 is 0 Å². The van der Waals surface area contributed by atoms with Gasteiger partial charge in [0.25, 0.3) is 0 Å². The average molecular weight is 204 g/mol. The summed E-state index contributed by atoms with van der Waals surface area (Å²) in [5.41, 5.74) is 6.18. The van der Waals surface area contributed by atoms with E-state index in [-0.39, 0.29) is 18.4 Å². The predicted molar refractivity (Wildman–Crippen MR) is 55.8 cm³/mol. The minimum atomic E-state index is -0.377. The van der Waals surface area contributed by atoms with E-state index in [4.69, 9.17) is 11.0 Å². The molecule has 0 saturated heterocycles. The highest BCUT2D eigenvalue weighted by Crippen LogP contribution is 2.13. The lowest BCUT2D eigenvalue weighted by molar-refractivity contribution is -0.118. The van der Waals surface area contributed by atoms with Crippen LogP contribution in [-0.2, 0) is 4.79 Å². The fraction of sp³-hybridized carbons (Fsp3) is 0.300. The largest absolute Gasteiger partial charge is 0.380 e. The highest BCUT2D eigenvalue weighted by atomic mass is 16.1. The predicted octanol–water partition coefficient (Wildman–Crippen LogP) is 0.629. The Morgan fingerprint density at radius 3 is 3.13 bits per heavy atom. The summed E-state index contributed by atoms with van der Waals surface area (Å²) in [6, 6.07) is 3.53. The van der Waals surface area contributed by atoms with Gasteiger partial charge in [-0.15, -0.1) is 0 Å². The lowest BCUT2D eigenvalue weighted by Crippen LogP contribution is -2.24. The molecule has 5 nitrogen and oxygen atoms in total. The summed E-state index contributed by atoms with van der Waals surface area (Å²) in [5, 5.41) is 11.8. The molecule has 1 aromatic rings. The number of nitriles is 1. The zero-order valence-electron chi connectivity index (χ0n) is 8.40. The number of anilines is 1. The van der Waals surface area contributed by atoms with Crippen molar-refractivity contribution < 1.29 is 4.79 Å². The second kappa shape index (κ2) is 4.96. The molecular weight excluding hydrogens is 192 g/mol. The smallest absolute Gasteiger partial charge is 0.219 e. The Hall–Kier alpha value is -2.09. The molecule has 0 aliphatic rings. The van der Waals surface area contributed by atoms with Crippen molar-refractivity contribution >= 4 is 11.6 Å². The van der Waals surface area contributed by atoms with Crippen LogP contribution in [0.5, 0.6) is 0 Å². The van der Waals surface area contributed by atoms with E-state index in [1.807, 2.05) is 13.0 Å². The molecule has 0 spiro atoms. The maximum atomic E-state index is 10.7. The first-order valence-corrected chi connectivity index (χ1v) is 4.52. The number of rotatable bonds is 4. The number of primary amides is 1. The molecule has 3 N–H and O–H groups in total. The third-order valence-electron chi connectivity index (χ3n) is 1.85. The molecule has 0 aromatic carbocycles. The molecule has 0 fully saturated rings. The third-order valence-corrected chi connectivity index (χ3v) is 1.85. The number of hydrogen-bond acceptors (Lipinski definition) is 4. The van der Waals surface area contributed by atoms with Crippen LogP contribution in [0.25, 0.3) is 0 Å². The molecule has 15 heavy (non-hydrogen) atoms. The summed E-state index contributed by atoms with van der Waals surface area (Å²) >= 11 is 0. The molecule has 1 amide bonds. The fourth-order valence-corrected chi connectivity index (χ4v) is 1.23. The molecule has 1 rings (SSSR count). The van der Waals surface area contributed by atoms with E-state index in [0.717, 1.165) is 0 Å². The van der Waals surface area contributed by atoms with Crippen molar-refractivity contribution in [3.8, 4) is 6.07 Å². The van der Waals surface area contributed by atoms with Gasteiger partial charge < -0.3 is 11.1 Å². The maximum Gasteiger partial charge on any atom is 0.219 e. The zero-order valence-corrected chi connectivity index (χ0v) is 8.40. The normalized spacial score (nSPS) is 11.5. The molecule has 0 saturated carbocycles. The van der Waals surface area contributed by atoms with E-state index < -0.39 is 0 Å². The topological polar surface area (TPSA) is 91.8 Å².